The fourth-order valence-corrected chi connectivity index (χ4v) is 1.84. The summed E-state index contributed by atoms with van der Waals surface area (Å²) in [6.07, 6.45) is 4.61. The number of unbranched alkanes of at least 4 members (excludes halogenated alkanes) is 2. The molecule has 0 saturated heterocycles. The zero-order chi connectivity index (χ0) is 10.2. The topological polar surface area (TPSA) is 48.7 Å². The van der Waals surface area contributed by atoms with Crippen LogP contribution in [0.3, 0.4) is 0 Å². The van der Waals surface area contributed by atoms with Crippen molar-refractivity contribution >= 4 is 11.3 Å². The quantitative estimate of drug-likeness (QED) is 0.732. The highest BCUT2D eigenvalue weighted by Gasteiger charge is 2.04. The lowest BCUT2D eigenvalue weighted by molar-refractivity contribution is 0.554. The van der Waals surface area contributed by atoms with Crippen LogP contribution < -0.4 is 5.32 Å². The fraction of sp³-hybridized carbons (Fsp3) is 0.600. The third-order valence-corrected chi connectivity index (χ3v) is 3.00. The summed E-state index contributed by atoms with van der Waals surface area (Å²) in [7, 11) is 0. The predicted molar refractivity (Wildman–Crippen MR) is 58.0 cm³/mol. The molecule has 1 aromatic heterocycles. The maximum absolute atomic E-state index is 8.35. The zero-order valence-corrected chi connectivity index (χ0v) is 9.18. The van der Waals surface area contributed by atoms with Crippen LogP contribution in [-0.4, -0.2) is 11.5 Å². The van der Waals surface area contributed by atoms with Gasteiger partial charge in [-0.2, -0.15) is 5.26 Å². The SMILES string of the molecule is CC(NCCCCC#N)c1cncs1. The van der Waals surface area contributed by atoms with E-state index in [1.165, 1.54) is 4.88 Å². The Morgan fingerprint density at radius 1 is 1.64 bits per heavy atom. The molecule has 0 spiro atoms. The molecule has 0 aliphatic rings. The van der Waals surface area contributed by atoms with Gasteiger partial charge in [-0.15, -0.1) is 11.3 Å². The summed E-state index contributed by atoms with van der Waals surface area (Å²) in [6.45, 7) is 3.11. The average Bonchev–Trinajstić information content (AvgIpc) is 2.70. The predicted octanol–water partition coefficient (Wildman–Crippen LogP) is 2.49. The second-order valence-corrected chi connectivity index (χ2v) is 4.11. The van der Waals surface area contributed by atoms with E-state index in [1.54, 1.807) is 11.3 Å². The summed E-state index contributed by atoms with van der Waals surface area (Å²) in [5.74, 6) is 0. The molecule has 0 amide bonds. The van der Waals surface area contributed by atoms with Gasteiger partial charge in [0, 0.05) is 23.5 Å². The molecular weight excluding hydrogens is 194 g/mol. The van der Waals surface area contributed by atoms with Crippen molar-refractivity contribution in [3.8, 4) is 6.07 Å². The van der Waals surface area contributed by atoms with E-state index in [9.17, 15) is 0 Å². The van der Waals surface area contributed by atoms with Crippen molar-refractivity contribution in [1.29, 1.82) is 5.26 Å². The largest absolute Gasteiger partial charge is 0.309 e. The molecule has 1 aromatic rings. The van der Waals surface area contributed by atoms with Crippen molar-refractivity contribution in [3.63, 3.8) is 0 Å². The van der Waals surface area contributed by atoms with E-state index >= 15 is 0 Å². The summed E-state index contributed by atoms with van der Waals surface area (Å²) in [4.78, 5) is 5.31. The highest BCUT2D eigenvalue weighted by Crippen LogP contribution is 2.15. The Balaban J connectivity index is 2.10. The molecule has 0 bridgehead atoms. The fourth-order valence-electron chi connectivity index (χ4n) is 1.19. The van der Waals surface area contributed by atoms with E-state index in [0.717, 1.165) is 19.4 Å². The summed E-state index contributed by atoms with van der Waals surface area (Å²) >= 11 is 1.67. The molecule has 76 valence electrons. The van der Waals surface area contributed by atoms with Crippen LogP contribution >= 0.6 is 11.3 Å². The van der Waals surface area contributed by atoms with E-state index in [4.69, 9.17) is 5.26 Å². The number of nitrogens with zero attached hydrogens (tertiary/aromatic N) is 2. The highest BCUT2D eigenvalue weighted by atomic mass is 32.1. The van der Waals surface area contributed by atoms with Gasteiger partial charge < -0.3 is 5.32 Å². The highest BCUT2D eigenvalue weighted by molar-refractivity contribution is 7.09. The smallest absolute Gasteiger partial charge is 0.0794 e. The molecule has 0 aliphatic carbocycles. The van der Waals surface area contributed by atoms with Gasteiger partial charge in [-0.1, -0.05) is 0 Å². The van der Waals surface area contributed by atoms with Gasteiger partial charge in [-0.25, -0.2) is 0 Å². The van der Waals surface area contributed by atoms with Crippen molar-refractivity contribution in [2.75, 3.05) is 6.54 Å². The van der Waals surface area contributed by atoms with Crippen molar-refractivity contribution < 1.29 is 0 Å². The molecule has 0 aliphatic heterocycles. The monoisotopic (exact) mass is 209 g/mol. The third-order valence-electron chi connectivity index (χ3n) is 2.04. The van der Waals surface area contributed by atoms with Crippen LogP contribution in [0.4, 0.5) is 0 Å². The van der Waals surface area contributed by atoms with E-state index < -0.39 is 0 Å². The van der Waals surface area contributed by atoms with Crippen molar-refractivity contribution in [2.24, 2.45) is 0 Å². The molecule has 0 fully saturated rings. The first kappa shape index (κ1) is 11.2. The van der Waals surface area contributed by atoms with Crippen LogP contribution in [-0.2, 0) is 0 Å². The number of aromatic nitrogens is 1. The molecule has 1 N–H and O–H groups in total. The molecule has 0 aromatic carbocycles. The van der Waals surface area contributed by atoms with Gasteiger partial charge in [0.25, 0.3) is 0 Å². The molecular formula is C10H15N3S. The van der Waals surface area contributed by atoms with Crippen LogP contribution in [0, 0.1) is 11.3 Å². The number of hydrogen-bond acceptors (Lipinski definition) is 4. The number of rotatable bonds is 6. The molecule has 1 rings (SSSR count). The number of nitrogens with one attached hydrogen (secondary N) is 1. The average molecular weight is 209 g/mol. The minimum atomic E-state index is 0.379. The Hall–Kier alpha value is -0.920. The summed E-state index contributed by atoms with van der Waals surface area (Å²) in [5, 5.41) is 11.8. The lowest BCUT2D eigenvalue weighted by Crippen LogP contribution is -2.18. The summed E-state index contributed by atoms with van der Waals surface area (Å²) in [5.41, 5.74) is 1.85. The van der Waals surface area contributed by atoms with Crippen LogP contribution in [0.5, 0.6) is 0 Å². The van der Waals surface area contributed by atoms with E-state index in [-0.39, 0.29) is 0 Å². The van der Waals surface area contributed by atoms with Crippen LogP contribution in [0.1, 0.15) is 37.1 Å². The first-order chi connectivity index (χ1) is 6.84. The Kier molecular flexibility index (Phi) is 5.20. The Morgan fingerprint density at radius 2 is 2.50 bits per heavy atom. The lowest BCUT2D eigenvalue weighted by atomic mass is 10.2. The maximum atomic E-state index is 8.35. The van der Waals surface area contributed by atoms with Crippen molar-refractivity contribution in [2.45, 2.75) is 32.2 Å². The molecule has 1 atom stereocenters. The van der Waals surface area contributed by atoms with Gasteiger partial charge >= 0.3 is 0 Å². The second-order valence-electron chi connectivity index (χ2n) is 3.19. The first-order valence-corrected chi connectivity index (χ1v) is 5.71. The first-order valence-electron chi connectivity index (χ1n) is 4.83. The van der Waals surface area contributed by atoms with E-state index in [0.29, 0.717) is 12.5 Å². The molecule has 4 heteroatoms. The Labute approximate surface area is 88.8 Å². The normalized spacial score (nSPS) is 12.3. The molecule has 1 heterocycles. The number of thiazole rings is 1. The van der Waals surface area contributed by atoms with Crippen molar-refractivity contribution in [3.05, 3.63) is 16.6 Å². The third kappa shape index (κ3) is 3.86. The van der Waals surface area contributed by atoms with Crippen LogP contribution in [0.25, 0.3) is 0 Å². The summed E-state index contributed by atoms with van der Waals surface area (Å²) < 4.78 is 0. The molecule has 0 saturated carbocycles. The number of hydrogen-bond donors (Lipinski definition) is 1. The standard InChI is InChI=1S/C10H15N3S/c1-9(10-7-12-8-14-10)13-6-4-2-3-5-11/h7-9,13H,2-4,6H2,1H3. The van der Waals surface area contributed by atoms with Crippen molar-refractivity contribution in [1.82, 2.24) is 10.3 Å². The summed E-state index contributed by atoms with van der Waals surface area (Å²) in [6, 6.07) is 2.53. The van der Waals surface area contributed by atoms with Gasteiger partial charge in [-0.3, -0.25) is 4.98 Å². The molecule has 3 nitrogen and oxygen atoms in total. The Bertz CT molecular complexity index is 276. The van der Waals surface area contributed by atoms with E-state index in [1.807, 2.05) is 11.7 Å². The minimum absolute atomic E-state index is 0.379. The van der Waals surface area contributed by atoms with E-state index in [2.05, 4.69) is 23.3 Å². The number of nitriles is 1. The molecule has 0 radical (unpaired) electrons. The van der Waals surface area contributed by atoms with Crippen LogP contribution in [0.2, 0.25) is 0 Å². The zero-order valence-electron chi connectivity index (χ0n) is 8.36. The Morgan fingerprint density at radius 3 is 3.14 bits per heavy atom. The van der Waals surface area contributed by atoms with Gasteiger partial charge in [0.15, 0.2) is 0 Å². The van der Waals surface area contributed by atoms with Gasteiger partial charge in [-0.05, 0) is 26.3 Å². The maximum Gasteiger partial charge on any atom is 0.0794 e. The van der Waals surface area contributed by atoms with Crippen LogP contribution in [0.15, 0.2) is 11.7 Å². The van der Waals surface area contributed by atoms with Gasteiger partial charge in [0.05, 0.1) is 11.6 Å². The van der Waals surface area contributed by atoms with Gasteiger partial charge in [0.2, 0.25) is 0 Å². The minimum Gasteiger partial charge on any atom is -0.309 e. The second kappa shape index (κ2) is 6.52. The molecule has 1 unspecified atom stereocenters. The van der Waals surface area contributed by atoms with Gasteiger partial charge in [0.1, 0.15) is 0 Å². The molecule has 14 heavy (non-hydrogen) atoms. The lowest BCUT2D eigenvalue weighted by Gasteiger charge is -2.10.